The van der Waals surface area contributed by atoms with E-state index in [2.05, 4.69) is 33.8 Å². The molecule has 1 aromatic heterocycles. The van der Waals surface area contributed by atoms with Gasteiger partial charge in [-0.05, 0) is 6.07 Å². The highest BCUT2D eigenvalue weighted by Gasteiger charge is 2.13. The molecule has 0 radical (unpaired) electrons. The van der Waals surface area contributed by atoms with Gasteiger partial charge in [-0.25, -0.2) is 0 Å². The molecule has 1 aliphatic rings. The third-order valence-corrected chi connectivity index (χ3v) is 3.64. The number of rotatable bonds is 4. The molecule has 2 N–H and O–H groups in total. The molecule has 1 aliphatic heterocycles. The van der Waals surface area contributed by atoms with Gasteiger partial charge in [0.2, 0.25) is 0 Å². The van der Waals surface area contributed by atoms with Gasteiger partial charge in [0.15, 0.2) is 0 Å². The van der Waals surface area contributed by atoms with Crippen molar-refractivity contribution in [2.75, 3.05) is 18.5 Å². The van der Waals surface area contributed by atoms with Crippen molar-refractivity contribution >= 4 is 17.0 Å². The molecule has 5 heteroatoms. The highest BCUT2D eigenvalue weighted by Crippen LogP contribution is 2.31. The molecular formula is C13H15N3OS. The zero-order valence-electron chi connectivity index (χ0n) is 9.98. The van der Waals surface area contributed by atoms with Crippen LogP contribution in [0, 0.1) is 0 Å². The zero-order chi connectivity index (χ0) is 12.2. The second-order valence-corrected chi connectivity index (χ2v) is 5.11. The van der Waals surface area contributed by atoms with Gasteiger partial charge in [0.1, 0.15) is 12.4 Å². The third kappa shape index (κ3) is 2.47. The van der Waals surface area contributed by atoms with Crippen LogP contribution in [0.4, 0.5) is 5.69 Å². The molecule has 2 heterocycles. The van der Waals surface area contributed by atoms with Crippen LogP contribution >= 0.6 is 11.3 Å². The molecule has 0 saturated carbocycles. The van der Waals surface area contributed by atoms with Crippen LogP contribution in [0.2, 0.25) is 0 Å². The van der Waals surface area contributed by atoms with Crippen molar-refractivity contribution in [3.05, 3.63) is 40.3 Å². The summed E-state index contributed by atoms with van der Waals surface area (Å²) in [4.78, 5) is 5.31. The first-order chi connectivity index (χ1) is 8.93. The van der Waals surface area contributed by atoms with Crippen molar-refractivity contribution in [2.24, 2.45) is 0 Å². The number of benzene rings is 1. The Bertz CT molecular complexity index is 513. The Balaban J connectivity index is 1.65. The van der Waals surface area contributed by atoms with Crippen LogP contribution in [0.1, 0.15) is 10.4 Å². The Hall–Kier alpha value is -1.59. The van der Waals surface area contributed by atoms with Crippen molar-refractivity contribution in [3.63, 3.8) is 0 Å². The Kier molecular flexibility index (Phi) is 3.43. The minimum atomic E-state index is 0.735. The van der Waals surface area contributed by atoms with E-state index < -0.39 is 0 Å². The minimum Gasteiger partial charge on any atom is -0.489 e. The average Bonchev–Trinajstić information content (AvgIpc) is 2.92. The van der Waals surface area contributed by atoms with Gasteiger partial charge in [-0.15, -0.1) is 11.3 Å². The summed E-state index contributed by atoms with van der Waals surface area (Å²) in [5.41, 5.74) is 4.15. The molecule has 3 rings (SSSR count). The maximum atomic E-state index is 5.73. The second kappa shape index (κ2) is 5.37. The van der Waals surface area contributed by atoms with Gasteiger partial charge < -0.3 is 15.4 Å². The van der Waals surface area contributed by atoms with E-state index in [1.54, 1.807) is 11.3 Å². The molecule has 0 atom stereocenters. The molecule has 94 valence electrons. The predicted octanol–water partition coefficient (Wildman–Crippen LogP) is 2.24. The number of nitrogens with one attached hydrogen (secondary N) is 2. The van der Waals surface area contributed by atoms with Gasteiger partial charge in [-0.1, -0.05) is 12.1 Å². The van der Waals surface area contributed by atoms with E-state index in [-0.39, 0.29) is 0 Å². The van der Waals surface area contributed by atoms with Crippen molar-refractivity contribution < 1.29 is 4.74 Å². The van der Waals surface area contributed by atoms with Crippen LogP contribution in [0.3, 0.4) is 0 Å². The minimum absolute atomic E-state index is 0.735. The largest absolute Gasteiger partial charge is 0.489 e. The number of nitrogens with zero attached hydrogens (tertiary/aromatic N) is 1. The van der Waals surface area contributed by atoms with Gasteiger partial charge in [0.25, 0.3) is 0 Å². The number of thiazole rings is 1. The molecule has 18 heavy (non-hydrogen) atoms. The van der Waals surface area contributed by atoms with Crippen molar-refractivity contribution in [1.29, 1.82) is 0 Å². The second-order valence-electron chi connectivity index (χ2n) is 4.14. The summed E-state index contributed by atoms with van der Waals surface area (Å²) in [6, 6.07) is 6.22. The van der Waals surface area contributed by atoms with E-state index in [0.717, 1.165) is 37.7 Å². The summed E-state index contributed by atoms with van der Waals surface area (Å²) >= 11 is 1.67. The highest BCUT2D eigenvalue weighted by molar-refractivity contribution is 7.09. The smallest absolute Gasteiger partial charge is 0.146 e. The summed E-state index contributed by atoms with van der Waals surface area (Å²) in [5, 5.41) is 6.76. The number of aromatic nitrogens is 1. The quantitative estimate of drug-likeness (QED) is 0.886. The lowest BCUT2D eigenvalue weighted by Gasteiger charge is -2.21. The van der Waals surface area contributed by atoms with Crippen LogP contribution < -0.4 is 15.4 Å². The third-order valence-electron chi connectivity index (χ3n) is 2.86. The number of hydrogen-bond acceptors (Lipinski definition) is 5. The standard InChI is InChI=1S/C13H15N3OS/c1-2-10(6-14-7-11-8-15-9-18-11)13-12(3-1)16-4-5-17-13/h1-3,8-9,14,16H,4-7H2. The van der Waals surface area contributed by atoms with Gasteiger partial charge in [0, 0.05) is 36.3 Å². The van der Waals surface area contributed by atoms with Gasteiger partial charge in [-0.2, -0.15) is 0 Å². The molecule has 0 amide bonds. The number of anilines is 1. The van der Waals surface area contributed by atoms with Crippen LogP contribution in [-0.2, 0) is 13.1 Å². The fourth-order valence-electron chi connectivity index (χ4n) is 2.02. The van der Waals surface area contributed by atoms with E-state index >= 15 is 0 Å². The van der Waals surface area contributed by atoms with E-state index in [1.807, 2.05) is 11.7 Å². The number of ether oxygens (including phenoxy) is 1. The Morgan fingerprint density at radius 3 is 3.28 bits per heavy atom. The topological polar surface area (TPSA) is 46.2 Å². The summed E-state index contributed by atoms with van der Waals surface area (Å²) in [7, 11) is 0. The Morgan fingerprint density at radius 1 is 1.39 bits per heavy atom. The molecule has 0 fully saturated rings. The fraction of sp³-hybridized carbons (Fsp3) is 0.308. The first-order valence-corrected chi connectivity index (χ1v) is 6.88. The molecule has 0 unspecified atom stereocenters. The van der Waals surface area contributed by atoms with E-state index in [9.17, 15) is 0 Å². The van der Waals surface area contributed by atoms with Gasteiger partial charge >= 0.3 is 0 Å². The van der Waals surface area contributed by atoms with Gasteiger partial charge in [0.05, 0.1) is 11.2 Å². The number of fused-ring (bicyclic) bond motifs is 1. The molecular weight excluding hydrogens is 246 g/mol. The Labute approximate surface area is 110 Å². The number of para-hydroxylation sites is 1. The molecule has 0 bridgehead atoms. The van der Waals surface area contributed by atoms with E-state index in [0.29, 0.717) is 0 Å². The lowest BCUT2D eigenvalue weighted by atomic mass is 10.1. The van der Waals surface area contributed by atoms with E-state index in [1.165, 1.54) is 10.4 Å². The number of hydrogen-bond donors (Lipinski definition) is 2. The fourth-order valence-corrected chi connectivity index (χ4v) is 2.59. The van der Waals surface area contributed by atoms with Crippen LogP contribution in [0.25, 0.3) is 0 Å². The summed E-state index contributed by atoms with van der Waals surface area (Å²) < 4.78 is 5.73. The molecule has 4 nitrogen and oxygen atoms in total. The van der Waals surface area contributed by atoms with Crippen LogP contribution in [-0.4, -0.2) is 18.1 Å². The van der Waals surface area contributed by atoms with Crippen LogP contribution in [0.5, 0.6) is 5.75 Å². The summed E-state index contributed by atoms with van der Waals surface area (Å²) in [6.45, 7) is 3.27. The predicted molar refractivity (Wildman–Crippen MR) is 73.1 cm³/mol. The highest BCUT2D eigenvalue weighted by atomic mass is 32.1. The molecule has 2 aromatic rings. The van der Waals surface area contributed by atoms with Crippen molar-refractivity contribution in [3.8, 4) is 5.75 Å². The SMILES string of the molecule is c1cc(CNCc2cncs2)c2c(c1)NCCO2. The Morgan fingerprint density at radius 2 is 2.39 bits per heavy atom. The molecule has 0 aliphatic carbocycles. The monoisotopic (exact) mass is 261 g/mol. The van der Waals surface area contributed by atoms with E-state index in [4.69, 9.17) is 4.74 Å². The normalized spacial score (nSPS) is 13.6. The average molecular weight is 261 g/mol. The maximum absolute atomic E-state index is 5.73. The first-order valence-electron chi connectivity index (χ1n) is 6.00. The van der Waals surface area contributed by atoms with Crippen molar-refractivity contribution in [1.82, 2.24) is 10.3 Å². The zero-order valence-corrected chi connectivity index (χ0v) is 10.8. The first kappa shape index (κ1) is 11.5. The lowest BCUT2D eigenvalue weighted by Crippen LogP contribution is -2.20. The maximum Gasteiger partial charge on any atom is 0.146 e. The van der Waals surface area contributed by atoms with Gasteiger partial charge in [-0.3, -0.25) is 4.98 Å². The summed E-state index contributed by atoms with van der Waals surface area (Å²) in [6.07, 6.45) is 1.90. The van der Waals surface area contributed by atoms with Crippen LogP contribution in [0.15, 0.2) is 29.9 Å². The molecule has 1 aromatic carbocycles. The molecule has 0 saturated heterocycles. The summed E-state index contributed by atoms with van der Waals surface area (Å²) in [5.74, 6) is 0.987. The lowest BCUT2D eigenvalue weighted by molar-refractivity contribution is 0.319. The molecule has 0 spiro atoms. The van der Waals surface area contributed by atoms with Crippen molar-refractivity contribution in [2.45, 2.75) is 13.1 Å².